The minimum Gasteiger partial charge on any atom is -0.455 e. The van der Waals surface area contributed by atoms with E-state index in [-0.39, 0.29) is 0 Å². The molecular weight excluding hydrogens is 759 g/mol. The van der Waals surface area contributed by atoms with Gasteiger partial charge in [-0.3, -0.25) is 0 Å². The van der Waals surface area contributed by atoms with Gasteiger partial charge in [-0.25, -0.2) is 0 Å². The van der Waals surface area contributed by atoms with E-state index < -0.39 is 0 Å². The van der Waals surface area contributed by atoms with Crippen molar-refractivity contribution in [1.29, 1.82) is 0 Å². The highest BCUT2D eigenvalue weighted by Gasteiger charge is 2.19. The number of anilines is 3. The monoisotopic (exact) mass is 795 g/mol. The summed E-state index contributed by atoms with van der Waals surface area (Å²) in [5.74, 6) is 0. The molecule has 0 aliphatic carbocycles. The average molecular weight is 796 g/mol. The summed E-state index contributed by atoms with van der Waals surface area (Å²) >= 11 is 1.87. The number of hydrogen-bond acceptors (Lipinski definition) is 3. The zero-order valence-electron chi connectivity index (χ0n) is 33.1. The van der Waals surface area contributed by atoms with E-state index >= 15 is 0 Å². The summed E-state index contributed by atoms with van der Waals surface area (Å²) in [5.41, 5.74) is 14.6. The Morgan fingerprint density at radius 3 is 1.62 bits per heavy atom. The Kier molecular flexibility index (Phi) is 8.39. The van der Waals surface area contributed by atoms with E-state index in [1.165, 1.54) is 53.2 Å². The molecule has 0 spiro atoms. The van der Waals surface area contributed by atoms with Gasteiger partial charge in [0.2, 0.25) is 0 Å². The second kappa shape index (κ2) is 14.5. The van der Waals surface area contributed by atoms with E-state index in [1.54, 1.807) is 0 Å². The van der Waals surface area contributed by atoms with Crippen LogP contribution < -0.4 is 4.90 Å². The minimum absolute atomic E-state index is 0.891. The number of fused-ring (bicyclic) bond motifs is 7. The molecular formula is C58H37NOS. The van der Waals surface area contributed by atoms with E-state index in [0.29, 0.717) is 0 Å². The SMILES string of the molecule is c1ccc(-c2ccc(N(c3ccc(-c4ccc5oc6c(-c7ccccc7)cccc6c5c4)cc3)c3ccc(-c4cccc5c4sc4ccccc45)cc3)c3ccccc23)cc1. The molecule has 3 heteroatoms. The van der Waals surface area contributed by atoms with Crippen LogP contribution in [0.5, 0.6) is 0 Å². The van der Waals surface area contributed by atoms with Crippen LogP contribution in [0.15, 0.2) is 229 Å². The summed E-state index contributed by atoms with van der Waals surface area (Å²) in [5, 5.41) is 7.28. The first-order valence-corrected chi connectivity index (χ1v) is 21.6. The maximum Gasteiger partial charge on any atom is 0.143 e. The molecule has 0 saturated carbocycles. The molecule has 0 unspecified atom stereocenters. The molecule has 0 N–H and O–H groups in total. The van der Waals surface area contributed by atoms with Crippen molar-refractivity contribution in [3.05, 3.63) is 224 Å². The van der Waals surface area contributed by atoms with Crippen LogP contribution in [0, 0.1) is 0 Å². The Labute approximate surface area is 357 Å². The van der Waals surface area contributed by atoms with E-state index in [9.17, 15) is 0 Å². The first-order valence-electron chi connectivity index (χ1n) is 20.7. The molecule has 0 aliphatic heterocycles. The van der Waals surface area contributed by atoms with Gasteiger partial charge >= 0.3 is 0 Å². The maximum atomic E-state index is 6.51. The summed E-state index contributed by atoms with van der Waals surface area (Å²) in [4.78, 5) is 2.41. The molecule has 10 aromatic carbocycles. The van der Waals surface area contributed by atoms with Crippen molar-refractivity contribution >= 4 is 81.3 Å². The molecule has 12 aromatic rings. The Morgan fingerprint density at radius 1 is 0.328 bits per heavy atom. The smallest absolute Gasteiger partial charge is 0.143 e. The number of thiophene rings is 1. The van der Waals surface area contributed by atoms with Crippen LogP contribution in [0.2, 0.25) is 0 Å². The molecule has 12 rings (SSSR count). The molecule has 0 atom stereocenters. The maximum absolute atomic E-state index is 6.51. The summed E-state index contributed by atoms with van der Waals surface area (Å²) in [6.45, 7) is 0. The van der Waals surface area contributed by atoms with Crippen LogP contribution >= 0.6 is 11.3 Å². The Hall–Kier alpha value is -7.72. The molecule has 0 fully saturated rings. The zero-order chi connectivity index (χ0) is 40.3. The van der Waals surface area contributed by atoms with Crippen molar-refractivity contribution in [2.45, 2.75) is 0 Å². The number of rotatable bonds is 7. The van der Waals surface area contributed by atoms with Gasteiger partial charge in [-0.1, -0.05) is 176 Å². The lowest BCUT2D eigenvalue weighted by atomic mass is 9.96. The molecule has 2 heterocycles. The van der Waals surface area contributed by atoms with Gasteiger partial charge in [-0.2, -0.15) is 0 Å². The number of para-hydroxylation sites is 1. The van der Waals surface area contributed by atoms with Crippen LogP contribution in [-0.2, 0) is 0 Å². The van der Waals surface area contributed by atoms with Gasteiger partial charge in [0.1, 0.15) is 11.2 Å². The highest BCUT2D eigenvalue weighted by molar-refractivity contribution is 7.26. The van der Waals surface area contributed by atoms with Crippen molar-refractivity contribution in [3.8, 4) is 44.5 Å². The predicted molar refractivity (Wildman–Crippen MR) is 261 cm³/mol. The fourth-order valence-electron chi connectivity index (χ4n) is 9.17. The topological polar surface area (TPSA) is 16.4 Å². The first-order chi connectivity index (χ1) is 30.2. The summed E-state index contributed by atoms with van der Waals surface area (Å²) in [6.07, 6.45) is 0. The van der Waals surface area contributed by atoms with Crippen molar-refractivity contribution in [2.75, 3.05) is 4.90 Å². The summed E-state index contributed by atoms with van der Waals surface area (Å²) in [7, 11) is 0. The predicted octanol–water partition coefficient (Wildman–Crippen LogP) is 17.2. The van der Waals surface area contributed by atoms with Gasteiger partial charge in [0.15, 0.2) is 0 Å². The van der Waals surface area contributed by atoms with Gasteiger partial charge in [0, 0.05) is 53.3 Å². The molecule has 0 saturated heterocycles. The summed E-state index contributed by atoms with van der Waals surface area (Å²) in [6, 6.07) is 81.0. The zero-order valence-corrected chi connectivity index (χ0v) is 33.9. The van der Waals surface area contributed by atoms with Crippen LogP contribution in [-0.4, -0.2) is 0 Å². The first kappa shape index (κ1) is 35.2. The fraction of sp³-hybridized carbons (Fsp3) is 0. The van der Waals surface area contributed by atoms with E-state index in [0.717, 1.165) is 61.3 Å². The largest absolute Gasteiger partial charge is 0.455 e. The standard InChI is InChI=1S/C58H37NOS/c1-3-13-39(14-4-1)45-34-35-54(49-18-8-7-17-48(45)49)59(44-32-27-41(28-33-44)47-21-12-23-52-50-19-9-10-24-56(50)61-58(47)52)43-30-25-38(26-31-43)42-29-36-55-53(37-42)51-22-11-20-46(57(51)60-55)40-15-5-2-6-16-40/h1-37H. The van der Waals surface area contributed by atoms with Crippen LogP contribution in [0.3, 0.4) is 0 Å². The number of hydrogen-bond donors (Lipinski definition) is 0. The molecule has 2 aromatic heterocycles. The average Bonchev–Trinajstić information content (AvgIpc) is 3.91. The van der Waals surface area contributed by atoms with Gasteiger partial charge in [-0.15, -0.1) is 11.3 Å². The molecule has 0 aliphatic rings. The molecule has 0 amide bonds. The molecule has 0 bridgehead atoms. The number of benzene rings is 10. The fourth-order valence-corrected chi connectivity index (χ4v) is 10.4. The van der Waals surface area contributed by atoms with E-state index in [4.69, 9.17) is 4.42 Å². The highest BCUT2D eigenvalue weighted by Crippen LogP contribution is 2.45. The van der Waals surface area contributed by atoms with Crippen molar-refractivity contribution in [3.63, 3.8) is 0 Å². The second-order valence-corrected chi connectivity index (χ2v) is 16.7. The quantitative estimate of drug-likeness (QED) is 0.160. The van der Waals surface area contributed by atoms with Gasteiger partial charge < -0.3 is 9.32 Å². The lowest BCUT2D eigenvalue weighted by Crippen LogP contribution is -2.10. The second-order valence-electron chi connectivity index (χ2n) is 15.6. The van der Waals surface area contributed by atoms with Crippen LogP contribution in [0.1, 0.15) is 0 Å². The molecule has 0 radical (unpaired) electrons. The Balaban J connectivity index is 0.970. The third-order valence-electron chi connectivity index (χ3n) is 12.1. The van der Waals surface area contributed by atoms with E-state index in [1.807, 2.05) is 17.4 Å². The molecule has 286 valence electrons. The highest BCUT2D eigenvalue weighted by atomic mass is 32.1. The van der Waals surface area contributed by atoms with Gasteiger partial charge in [0.05, 0.1) is 5.69 Å². The number of nitrogens with zero attached hydrogens (tertiary/aromatic N) is 1. The molecule has 2 nitrogen and oxygen atoms in total. The normalized spacial score (nSPS) is 11.6. The van der Waals surface area contributed by atoms with Crippen molar-refractivity contribution in [2.24, 2.45) is 0 Å². The Morgan fingerprint density at radius 2 is 0.885 bits per heavy atom. The third kappa shape index (κ3) is 6.01. The van der Waals surface area contributed by atoms with E-state index in [2.05, 4.69) is 223 Å². The lowest BCUT2D eigenvalue weighted by Gasteiger charge is -2.28. The number of furan rings is 1. The lowest BCUT2D eigenvalue weighted by molar-refractivity contribution is 0.670. The minimum atomic E-state index is 0.891. The molecule has 61 heavy (non-hydrogen) atoms. The Bertz CT molecular complexity index is 3570. The van der Waals surface area contributed by atoms with Gasteiger partial charge in [0.25, 0.3) is 0 Å². The van der Waals surface area contributed by atoms with Crippen LogP contribution in [0.25, 0.3) is 97.4 Å². The van der Waals surface area contributed by atoms with Crippen molar-refractivity contribution in [1.82, 2.24) is 0 Å². The van der Waals surface area contributed by atoms with Crippen molar-refractivity contribution < 1.29 is 4.42 Å². The van der Waals surface area contributed by atoms with Gasteiger partial charge in [-0.05, 0) is 92.9 Å². The van der Waals surface area contributed by atoms with Crippen LogP contribution in [0.4, 0.5) is 17.1 Å². The summed E-state index contributed by atoms with van der Waals surface area (Å²) < 4.78 is 9.16. The third-order valence-corrected chi connectivity index (χ3v) is 13.3.